The molecule has 1 aliphatic heterocycles. The topological polar surface area (TPSA) is 88.3 Å². The first-order valence-electron chi connectivity index (χ1n) is 8.67. The maximum absolute atomic E-state index is 12.5. The first-order valence-corrected chi connectivity index (χ1v) is 8.67. The fourth-order valence-electron chi connectivity index (χ4n) is 2.86. The van der Waals surface area contributed by atoms with Gasteiger partial charge in [-0.3, -0.25) is 9.59 Å². The Kier molecular flexibility index (Phi) is 5.96. The van der Waals surface area contributed by atoms with Gasteiger partial charge in [-0.1, -0.05) is 25.9 Å². The highest BCUT2D eigenvalue weighted by atomic mass is 16.5. The lowest BCUT2D eigenvalue weighted by molar-refractivity contribution is -0.142. The molecule has 0 spiro atoms. The van der Waals surface area contributed by atoms with Crippen molar-refractivity contribution in [1.29, 1.82) is 0 Å². The molecule has 1 aromatic rings. The van der Waals surface area contributed by atoms with Gasteiger partial charge in [0.05, 0.1) is 0 Å². The molecule has 1 N–H and O–H groups in total. The summed E-state index contributed by atoms with van der Waals surface area (Å²) in [6, 6.07) is -0.327. The van der Waals surface area contributed by atoms with Gasteiger partial charge in [-0.15, -0.1) is 0 Å². The number of carbonyl (C=O) groups is 2. The van der Waals surface area contributed by atoms with Crippen molar-refractivity contribution >= 4 is 11.8 Å². The molecule has 24 heavy (non-hydrogen) atoms. The van der Waals surface area contributed by atoms with E-state index in [-0.39, 0.29) is 23.3 Å². The lowest BCUT2D eigenvalue weighted by Crippen LogP contribution is -2.51. The molecule has 0 bridgehead atoms. The molecule has 7 heteroatoms. The second-order valence-corrected chi connectivity index (χ2v) is 7.33. The number of nitrogens with one attached hydrogen (secondary N) is 1. The highest BCUT2D eigenvalue weighted by molar-refractivity contribution is 5.87. The average molecular weight is 336 g/mol. The van der Waals surface area contributed by atoms with Gasteiger partial charge in [0.1, 0.15) is 6.04 Å². The Hall–Kier alpha value is -1.92. The predicted molar refractivity (Wildman–Crippen MR) is 89.4 cm³/mol. The second kappa shape index (κ2) is 7.77. The van der Waals surface area contributed by atoms with E-state index >= 15 is 0 Å². The minimum Gasteiger partial charge on any atom is -0.357 e. The zero-order chi connectivity index (χ0) is 17.7. The van der Waals surface area contributed by atoms with Gasteiger partial charge in [0.2, 0.25) is 17.7 Å². The number of amides is 2. The molecule has 0 radical (unpaired) electrons. The number of nitrogens with zero attached hydrogens (tertiary/aromatic N) is 3. The van der Waals surface area contributed by atoms with Gasteiger partial charge in [-0.05, 0) is 25.7 Å². The third-order valence-electron chi connectivity index (χ3n) is 4.29. The number of hydrogen-bond donors (Lipinski definition) is 1. The van der Waals surface area contributed by atoms with Crippen molar-refractivity contribution in [1.82, 2.24) is 20.4 Å². The van der Waals surface area contributed by atoms with E-state index in [9.17, 15) is 9.59 Å². The number of piperidine rings is 1. The molecule has 1 saturated heterocycles. The summed E-state index contributed by atoms with van der Waals surface area (Å²) in [6.45, 7) is 6.74. The molecule has 0 aromatic carbocycles. The highest BCUT2D eigenvalue weighted by Crippen LogP contribution is 2.20. The molecule has 1 aliphatic rings. The Balaban J connectivity index is 1.86. The molecule has 7 nitrogen and oxygen atoms in total. The summed E-state index contributed by atoms with van der Waals surface area (Å²) in [7, 11) is 1.61. The van der Waals surface area contributed by atoms with Crippen LogP contribution >= 0.6 is 0 Å². The van der Waals surface area contributed by atoms with Crippen LogP contribution in [0.5, 0.6) is 0 Å². The molecule has 2 rings (SSSR count). The SMILES string of the molecule is CNC(=O)C1CCCCN1C(=O)CCCc1nc(C(C)(C)C)no1. The Morgan fingerprint density at radius 3 is 2.71 bits per heavy atom. The maximum Gasteiger partial charge on any atom is 0.242 e. The van der Waals surface area contributed by atoms with Crippen LogP contribution in [0.25, 0.3) is 0 Å². The van der Waals surface area contributed by atoms with Crippen LogP contribution in [0.1, 0.15) is 64.6 Å². The van der Waals surface area contributed by atoms with Crippen molar-refractivity contribution in [2.75, 3.05) is 13.6 Å². The van der Waals surface area contributed by atoms with E-state index in [1.807, 2.05) is 20.8 Å². The standard InChI is InChI=1S/C17H28N4O3/c1-17(2,3)16-19-13(24-20-16)9-7-10-14(22)21-11-6-5-8-12(21)15(23)18-4/h12H,5-11H2,1-4H3,(H,18,23). The summed E-state index contributed by atoms with van der Waals surface area (Å²) in [4.78, 5) is 30.5. The molecule has 1 unspecified atom stereocenters. The van der Waals surface area contributed by atoms with Crippen molar-refractivity contribution in [3.05, 3.63) is 11.7 Å². The molecule has 0 saturated carbocycles. The number of carbonyl (C=O) groups excluding carboxylic acids is 2. The summed E-state index contributed by atoms with van der Waals surface area (Å²) in [5.41, 5.74) is -0.147. The number of rotatable bonds is 5. The highest BCUT2D eigenvalue weighted by Gasteiger charge is 2.31. The number of likely N-dealkylation sites (N-methyl/N-ethyl adjacent to an activating group) is 1. The zero-order valence-electron chi connectivity index (χ0n) is 15.1. The normalized spacial score (nSPS) is 18.5. The largest absolute Gasteiger partial charge is 0.357 e. The van der Waals surface area contributed by atoms with Crippen LogP contribution in [0.2, 0.25) is 0 Å². The number of hydrogen-bond acceptors (Lipinski definition) is 5. The molecule has 2 heterocycles. The van der Waals surface area contributed by atoms with E-state index in [4.69, 9.17) is 4.52 Å². The van der Waals surface area contributed by atoms with E-state index in [1.54, 1.807) is 11.9 Å². The number of aryl methyl sites for hydroxylation is 1. The molecule has 134 valence electrons. The first kappa shape index (κ1) is 18.4. The third-order valence-corrected chi connectivity index (χ3v) is 4.29. The van der Waals surface area contributed by atoms with Gasteiger partial charge in [0, 0.05) is 31.8 Å². The lowest BCUT2D eigenvalue weighted by Gasteiger charge is -2.34. The maximum atomic E-state index is 12.5. The molecule has 0 aliphatic carbocycles. The van der Waals surface area contributed by atoms with Crippen LogP contribution in [-0.2, 0) is 21.4 Å². The first-order chi connectivity index (χ1) is 11.3. The monoisotopic (exact) mass is 336 g/mol. The van der Waals surface area contributed by atoms with Crippen LogP contribution in [0.15, 0.2) is 4.52 Å². The van der Waals surface area contributed by atoms with Crippen LogP contribution in [0, 0.1) is 0 Å². The molecule has 2 amide bonds. The van der Waals surface area contributed by atoms with Crippen molar-refractivity contribution < 1.29 is 14.1 Å². The van der Waals surface area contributed by atoms with Crippen LogP contribution in [-0.4, -0.2) is 46.5 Å². The summed E-state index contributed by atoms with van der Waals surface area (Å²) < 4.78 is 5.25. The fourth-order valence-corrected chi connectivity index (χ4v) is 2.86. The Bertz CT molecular complexity index is 577. The number of likely N-dealkylation sites (tertiary alicyclic amines) is 1. The van der Waals surface area contributed by atoms with E-state index < -0.39 is 0 Å². The summed E-state index contributed by atoms with van der Waals surface area (Å²) >= 11 is 0. The third kappa shape index (κ3) is 4.55. The summed E-state index contributed by atoms with van der Waals surface area (Å²) in [5.74, 6) is 1.20. The fraction of sp³-hybridized carbons (Fsp3) is 0.765. The average Bonchev–Trinajstić information content (AvgIpc) is 3.03. The van der Waals surface area contributed by atoms with Gasteiger partial charge >= 0.3 is 0 Å². The van der Waals surface area contributed by atoms with Crippen molar-refractivity contribution in [2.24, 2.45) is 0 Å². The molecular formula is C17H28N4O3. The lowest BCUT2D eigenvalue weighted by atomic mass is 9.96. The zero-order valence-corrected chi connectivity index (χ0v) is 15.1. The van der Waals surface area contributed by atoms with Crippen molar-refractivity contribution in [3.8, 4) is 0 Å². The van der Waals surface area contributed by atoms with E-state index in [2.05, 4.69) is 15.5 Å². The molecule has 1 atom stereocenters. The van der Waals surface area contributed by atoms with Gasteiger partial charge in [0.25, 0.3) is 0 Å². The van der Waals surface area contributed by atoms with Crippen LogP contribution in [0.3, 0.4) is 0 Å². The smallest absolute Gasteiger partial charge is 0.242 e. The van der Waals surface area contributed by atoms with Crippen LogP contribution < -0.4 is 5.32 Å². The summed E-state index contributed by atoms with van der Waals surface area (Å²) in [6.07, 6.45) is 4.29. The van der Waals surface area contributed by atoms with E-state index in [0.29, 0.717) is 37.5 Å². The van der Waals surface area contributed by atoms with Crippen molar-refractivity contribution in [2.45, 2.75) is 70.8 Å². The Morgan fingerprint density at radius 2 is 2.08 bits per heavy atom. The van der Waals surface area contributed by atoms with Crippen LogP contribution in [0.4, 0.5) is 0 Å². The van der Waals surface area contributed by atoms with Gasteiger partial charge in [-0.25, -0.2) is 0 Å². The van der Waals surface area contributed by atoms with Gasteiger partial charge in [0.15, 0.2) is 5.82 Å². The van der Waals surface area contributed by atoms with Gasteiger partial charge < -0.3 is 14.7 Å². The minimum atomic E-state index is -0.327. The van der Waals surface area contributed by atoms with E-state index in [1.165, 1.54) is 0 Å². The molecule has 1 aromatic heterocycles. The van der Waals surface area contributed by atoms with E-state index in [0.717, 1.165) is 19.3 Å². The molecular weight excluding hydrogens is 308 g/mol. The second-order valence-electron chi connectivity index (χ2n) is 7.33. The Labute approximate surface area is 143 Å². The minimum absolute atomic E-state index is 0.0267. The van der Waals surface area contributed by atoms with Crippen molar-refractivity contribution in [3.63, 3.8) is 0 Å². The quantitative estimate of drug-likeness (QED) is 0.886. The Morgan fingerprint density at radius 1 is 1.33 bits per heavy atom. The summed E-state index contributed by atoms with van der Waals surface area (Å²) in [5, 5.41) is 6.64. The number of aromatic nitrogens is 2. The molecule has 1 fully saturated rings. The van der Waals surface area contributed by atoms with Gasteiger partial charge in [-0.2, -0.15) is 4.98 Å². The predicted octanol–water partition coefficient (Wildman–Crippen LogP) is 1.82.